The van der Waals surface area contributed by atoms with Crippen molar-refractivity contribution in [3.63, 3.8) is 0 Å². The van der Waals surface area contributed by atoms with E-state index in [2.05, 4.69) is 35.4 Å². The molecule has 0 aromatic heterocycles. The van der Waals surface area contributed by atoms with Gasteiger partial charge in [0.05, 0.1) is 5.69 Å². The molecule has 0 saturated heterocycles. The highest BCUT2D eigenvalue weighted by atomic mass is 32.2. The van der Waals surface area contributed by atoms with Crippen LogP contribution in [0.15, 0.2) is 51.2 Å². The monoisotopic (exact) mass is 354 g/mol. The van der Waals surface area contributed by atoms with Gasteiger partial charge in [-0.25, -0.2) is 0 Å². The average Bonchev–Trinajstić information content (AvgIpc) is 2.83. The lowest BCUT2D eigenvalue weighted by Gasteiger charge is -2.10. The molecule has 1 aliphatic heterocycles. The largest absolute Gasteiger partial charge is 0.364 e. The van der Waals surface area contributed by atoms with E-state index in [1.54, 1.807) is 18.9 Å². The highest BCUT2D eigenvalue weighted by Crippen LogP contribution is 2.40. The number of unbranched alkanes of at least 4 members (excludes halogenated alkanes) is 1. The van der Waals surface area contributed by atoms with E-state index in [0.29, 0.717) is 5.56 Å². The number of ether oxygens (including phenoxy) is 1. The number of carbonyl (C=O) groups excluding carboxylic acids is 1. The number of amides is 1. The van der Waals surface area contributed by atoms with Crippen molar-refractivity contribution in [3.8, 4) is 0 Å². The zero-order valence-electron chi connectivity index (χ0n) is 14.5. The lowest BCUT2D eigenvalue weighted by molar-refractivity contribution is 0.0872. The quantitative estimate of drug-likeness (QED) is 0.659. The Labute approximate surface area is 152 Å². The summed E-state index contributed by atoms with van der Waals surface area (Å²) in [6, 6.07) is 12.1. The summed E-state index contributed by atoms with van der Waals surface area (Å²) in [5.74, 6) is -0.157. The minimum atomic E-state index is -0.157. The molecule has 2 aromatic carbocycles. The number of hydrogen-bond donors (Lipinski definition) is 1. The van der Waals surface area contributed by atoms with Gasteiger partial charge in [0.2, 0.25) is 0 Å². The molecule has 0 bridgehead atoms. The first-order chi connectivity index (χ1) is 12.2. The number of methoxy groups -OCH3 is 1. The van der Waals surface area contributed by atoms with E-state index >= 15 is 0 Å². The standard InChI is InChI=1S/C20H22N2O2S/c1-3-4-6-14-7-5-8-18-16(14)12-21-17-11-15(9-10-19(17)25-18)20(23)22-13-24-2/h5,7-12H,3-4,6,13H2,1-2H3,(H,22,23). The average molecular weight is 354 g/mol. The van der Waals surface area contributed by atoms with Crippen LogP contribution in [0, 0.1) is 0 Å². The first-order valence-electron chi connectivity index (χ1n) is 8.48. The molecule has 130 valence electrons. The van der Waals surface area contributed by atoms with Crippen LogP contribution in [0.3, 0.4) is 0 Å². The molecule has 1 aliphatic rings. The van der Waals surface area contributed by atoms with Crippen LogP contribution in [0.4, 0.5) is 5.69 Å². The van der Waals surface area contributed by atoms with Gasteiger partial charge in [-0.3, -0.25) is 9.79 Å². The van der Waals surface area contributed by atoms with E-state index in [4.69, 9.17) is 4.74 Å². The van der Waals surface area contributed by atoms with Gasteiger partial charge in [0, 0.05) is 34.2 Å². The molecule has 1 amide bonds. The normalized spacial score (nSPS) is 12.2. The minimum Gasteiger partial charge on any atom is -0.364 e. The number of fused-ring (bicyclic) bond motifs is 2. The fourth-order valence-corrected chi connectivity index (χ4v) is 3.78. The first kappa shape index (κ1) is 17.7. The number of nitrogens with one attached hydrogen (secondary N) is 1. The zero-order chi connectivity index (χ0) is 17.6. The van der Waals surface area contributed by atoms with Crippen LogP contribution in [-0.2, 0) is 11.2 Å². The van der Waals surface area contributed by atoms with Gasteiger partial charge in [-0.1, -0.05) is 37.2 Å². The molecule has 3 rings (SSSR count). The molecule has 2 aromatic rings. The first-order valence-corrected chi connectivity index (χ1v) is 9.29. The molecule has 0 aliphatic carbocycles. The summed E-state index contributed by atoms with van der Waals surface area (Å²) < 4.78 is 4.89. The molecule has 0 unspecified atom stereocenters. The minimum absolute atomic E-state index is 0.157. The van der Waals surface area contributed by atoms with Crippen molar-refractivity contribution in [2.45, 2.75) is 36.0 Å². The fraction of sp³-hybridized carbons (Fsp3) is 0.300. The van der Waals surface area contributed by atoms with Crippen molar-refractivity contribution in [1.82, 2.24) is 5.32 Å². The van der Waals surface area contributed by atoms with E-state index in [0.717, 1.165) is 17.0 Å². The van der Waals surface area contributed by atoms with Gasteiger partial charge in [-0.15, -0.1) is 0 Å². The van der Waals surface area contributed by atoms with E-state index in [1.807, 2.05) is 24.4 Å². The molecule has 4 nitrogen and oxygen atoms in total. The van der Waals surface area contributed by atoms with Crippen LogP contribution in [0.5, 0.6) is 0 Å². The maximum absolute atomic E-state index is 12.1. The summed E-state index contributed by atoms with van der Waals surface area (Å²) in [6.45, 7) is 2.40. The van der Waals surface area contributed by atoms with Gasteiger partial charge in [-0.05, 0) is 42.7 Å². The Kier molecular flexibility index (Phi) is 5.89. The van der Waals surface area contributed by atoms with E-state index in [9.17, 15) is 4.79 Å². The lowest BCUT2D eigenvalue weighted by Crippen LogP contribution is -2.25. The predicted molar refractivity (Wildman–Crippen MR) is 102 cm³/mol. The molecule has 5 heteroatoms. The van der Waals surface area contributed by atoms with Gasteiger partial charge in [-0.2, -0.15) is 0 Å². The summed E-state index contributed by atoms with van der Waals surface area (Å²) in [4.78, 5) is 19.1. The summed E-state index contributed by atoms with van der Waals surface area (Å²) in [5.41, 5.74) is 3.95. The number of rotatable bonds is 6. The maximum atomic E-state index is 12.1. The van der Waals surface area contributed by atoms with Crippen molar-refractivity contribution in [2.75, 3.05) is 13.8 Å². The smallest absolute Gasteiger partial charge is 0.253 e. The predicted octanol–water partition coefficient (Wildman–Crippen LogP) is 4.58. The zero-order valence-corrected chi connectivity index (χ0v) is 15.4. The molecule has 0 atom stereocenters. The molecule has 1 N–H and O–H groups in total. The SMILES string of the molecule is CCCCc1cccc2c1C=Nc1cc(C(=O)NCOC)ccc1S2. The Morgan fingerprint density at radius 3 is 2.92 bits per heavy atom. The fourth-order valence-electron chi connectivity index (χ4n) is 2.75. The Bertz CT molecular complexity index is 802. The van der Waals surface area contributed by atoms with Gasteiger partial charge in [0.1, 0.15) is 6.73 Å². The topological polar surface area (TPSA) is 50.7 Å². The summed E-state index contributed by atoms with van der Waals surface area (Å²) >= 11 is 1.71. The third-order valence-corrected chi connectivity index (χ3v) is 5.25. The van der Waals surface area contributed by atoms with E-state index < -0.39 is 0 Å². The number of aryl methyl sites for hydroxylation is 1. The second kappa shape index (κ2) is 8.32. The molecule has 0 fully saturated rings. The van der Waals surface area contributed by atoms with Crippen LogP contribution in [0.2, 0.25) is 0 Å². The third-order valence-electron chi connectivity index (χ3n) is 4.11. The number of aliphatic imine (C=N–C) groups is 1. The van der Waals surface area contributed by atoms with Crippen LogP contribution >= 0.6 is 11.8 Å². The Hall–Kier alpha value is -2.11. The number of benzene rings is 2. The molecule has 1 heterocycles. The van der Waals surface area contributed by atoms with Gasteiger partial charge < -0.3 is 10.1 Å². The third kappa shape index (κ3) is 4.11. The molecule has 0 saturated carbocycles. The maximum Gasteiger partial charge on any atom is 0.253 e. The summed E-state index contributed by atoms with van der Waals surface area (Å²) in [7, 11) is 1.55. The van der Waals surface area contributed by atoms with Crippen molar-refractivity contribution in [2.24, 2.45) is 4.99 Å². The second-order valence-corrected chi connectivity index (χ2v) is 7.00. The summed E-state index contributed by atoms with van der Waals surface area (Å²) in [5, 5.41) is 2.70. The van der Waals surface area contributed by atoms with Gasteiger partial charge in [0.25, 0.3) is 5.91 Å². The molecule has 25 heavy (non-hydrogen) atoms. The van der Waals surface area contributed by atoms with Crippen LogP contribution in [0.1, 0.15) is 41.3 Å². The van der Waals surface area contributed by atoms with E-state index in [-0.39, 0.29) is 12.6 Å². The van der Waals surface area contributed by atoms with Crippen molar-refractivity contribution in [3.05, 3.63) is 53.1 Å². The molecular weight excluding hydrogens is 332 g/mol. The van der Waals surface area contributed by atoms with Crippen LogP contribution < -0.4 is 5.32 Å². The van der Waals surface area contributed by atoms with E-state index in [1.165, 1.54) is 28.9 Å². The highest BCUT2D eigenvalue weighted by molar-refractivity contribution is 7.99. The lowest BCUT2D eigenvalue weighted by atomic mass is 10.0. The number of nitrogens with zero attached hydrogens (tertiary/aromatic N) is 1. The Balaban J connectivity index is 1.90. The second-order valence-electron chi connectivity index (χ2n) is 5.91. The van der Waals surface area contributed by atoms with Crippen LogP contribution in [0.25, 0.3) is 0 Å². The Morgan fingerprint density at radius 1 is 1.24 bits per heavy atom. The van der Waals surface area contributed by atoms with Crippen LogP contribution in [-0.4, -0.2) is 26.0 Å². The number of carbonyl (C=O) groups is 1. The van der Waals surface area contributed by atoms with Gasteiger partial charge >= 0.3 is 0 Å². The van der Waals surface area contributed by atoms with Crippen molar-refractivity contribution >= 4 is 29.6 Å². The molecular formula is C20H22N2O2S. The van der Waals surface area contributed by atoms with Crippen molar-refractivity contribution in [1.29, 1.82) is 0 Å². The van der Waals surface area contributed by atoms with Crippen molar-refractivity contribution < 1.29 is 9.53 Å². The number of hydrogen-bond acceptors (Lipinski definition) is 4. The highest BCUT2D eigenvalue weighted by Gasteiger charge is 2.15. The van der Waals surface area contributed by atoms with Gasteiger partial charge in [0.15, 0.2) is 0 Å². The molecule has 0 radical (unpaired) electrons. The molecule has 0 spiro atoms. The Morgan fingerprint density at radius 2 is 2.12 bits per heavy atom. The summed E-state index contributed by atoms with van der Waals surface area (Å²) in [6.07, 6.45) is 5.35.